The van der Waals surface area contributed by atoms with Crippen LogP contribution in [0.3, 0.4) is 0 Å². The highest BCUT2D eigenvalue weighted by Crippen LogP contribution is 2.45. The molecule has 0 saturated heterocycles. The number of nitrogens with zero attached hydrogens (tertiary/aromatic N) is 1. The van der Waals surface area contributed by atoms with Crippen LogP contribution in [0, 0.1) is 0 Å². The third-order valence-corrected chi connectivity index (χ3v) is 12.5. The minimum absolute atomic E-state index is 0.00773. The SMILES string of the molecule is CC(C)(C)c1cc2c3c(c1)N(c1ccc4ccccc4c1)c1ccc4ccccc4c1B3c1cccc3cc([Si](C)(C)C)cc-2c13. The molecular weight excluding hydrogens is 569 g/mol. The first-order valence-corrected chi connectivity index (χ1v) is 20.1. The highest BCUT2D eigenvalue weighted by molar-refractivity contribution is 7.02. The standard InChI is InChI=1S/C43H38BNSi/c1-43(2,3)31-24-36-35-26-33(46(4,5)6)23-30-15-11-17-37(40(30)35)44-41-34-16-10-9-13-28(34)19-21-38(41)45(39(25-31)42(36)44)32-20-18-27-12-7-8-14-29(27)22-32/h7-26H,1-6H3. The van der Waals surface area contributed by atoms with Gasteiger partial charge in [-0.2, -0.15) is 0 Å². The van der Waals surface area contributed by atoms with Crippen molar-refractivity contribution in [3.8, 4) is 11.1 Å². The molecule has 0 unspecified atom stereocenters. The maximum Gasteiger partial charge on any atom is 0.249 e. The molecule has 9 rings (SSSR count). The van der Waals surface area contributed by atoms with Crippen LogP contribution in [0.5, 0.6) is 0 Å². The Balaban J connectivity index is 1.48. The molecule has 0 radical (unpaired) electrons. The van der Waals surface area contributed by atoms with E-state index < -0.39 is 8.07 Å². The normalized spacial score (nSPS) is 13.8. The van der Waals surface area contributed by atoms with Gasteiger partial charge in [0.25, 0.3) is 0 Å². The van der Waals surface area contributed by atoms with Crippen LogP contribution >= 0.6 is 0 Å². The van der Waals surface area contributed by atoms with E-state index >= 15 is 0 Å². The Morgan fingerprint density at radius 3 is 2.07 bits per heavy atom. The van der Waals surface area contributed by atoms with E-state index in [1.165, 1.54) is 87.6 Å². The van der Waals surface area contributed by atoms with E-state index in [0.717, 1.165) is 0 Å². The zero-order valence-corrected chi connectivity index (χ0v) is 28.6. The van der Waals surface area contributed by atoms with Crippen LogP contribution in [0.2, 0.25) is 19.6 Å². The van der Waals surface area contributed by atoms with Crippen molar-refractivity contribution in [2.75, 3.05) is 4.90 Å². The second-order valence-corrected chi connectivity index (χ2v) is 20.5. The van der Waals surface area contributed by atoms with E-state index in [2.05, 4.69) is 167 Å². The fourth-order valence-corrected chi connectivity index (χ4v) is 9.25. The van der Waals surface area contributed by atoms with Gasteiger partial charge in [0.2, 0.25) is 6.71 Å². The maximum absolute atomic E-state index is 2.58. The summed E-state index contributed by atoms with van der Waals surface area (Å²) < 4.78 is 0. The minimum Gasteiger partial charge on any atom is -0.311 e. The summed E-state index contributed by atoms with van der Waals surface area (Å²) in [5.41, 5.74) is 12.3. The molecule has 2 heterocycles. The lowest BCUT2D eigenvalue weighted by molar-refractivity contribution is 0.591. The molecule has 0 aromatic heterocycles. The molecule has 7 aromatic rings. The number of hydrogen-bond donors (Lipinski definition) is 0. The molecule has 2 aliphatic rings. The van der Waals surface area contributed by atoms with Crippen LogP contribution in [0.4, 0.5) is 17.1 Å². The quantitative estimate of drug-likeness (QED) is 0.177. The van der Waals surface area contributed by atoms with Crippen molar-refractivity contribution in [3.63, 3.8) is 0 Å². The summed E-state index contributed by atoms with van der Waals surface area (Å²) in [5.74, 6) is 0. The van der Waals surface area contributed by atoms with Crippen LogP contribution in [0.1, 0.15) is 26.3 Å². The molecule has 222 valence electrons. The summed E-state index contributed by atoms with van der Waals surface area (Å²) >= 11 is 0. The van der Waals surface area contributed by atoms with Gasteiger partial charge in [0.05, 0.1) is 8.07 Å². The average Bonchev–Trinajstić information content (AvgIpc) is 3.04. The third-order valence-electron chi connectivity index (χ3n) is 10.5. The molecule has 0 N–H and O–H groups in total. The second-order valence-electron chi connectivity index (χ2n) is 15.4. The fourth-order valence-electron chi connectivity index (χ4n) is 8.09. The molecule has 2 aliphatic heterocycles. The van der Waals surface area contributed by atoms with E-state index in [1.807, 2.05) is 0 Å². The Morgan fingerprint density at radius 2 is 1.28 bits per heavy atom. The lowest BCUT2D eigenvalue weighted by Crippen LogP contribution is -2.60. The molecule has 0 atom stereocenters. The molecule has 0 fully saturated rings. The second kappa shape index (κ2) is 9.47. The molecule has 0 spiro atoms. The first-order valence-electron chi connectivity index (χ1n) is 16.6. The van der Waals surface area contributed by atoms with Crippen molar-refractivity contribution in [1.82, 2.24) is 0 Å². The monoisotopic (exact) mass is 607 g/mol. The summed E-state index contributed by atoms with van der Waals surface area (Å²) in [6.07, 6.45) is 0. The van der Waals surface area contributed by atoms with Gasteiger partial charge in [-0.3, -0.25) is 0 Å². The number of hydrogen-bond acceptors (Lipinski definition) is 1. The summed E-state index contributed by atoms with van der Waals surface area (Å²) in [5, 5.41) is 9.49. The molecule has 0 saturated carbocycles. The zero-order valence-electron chi connectivity index (χ0n) is 27.6. The van der Waals surface area contributed by atoms with Crippen molar-refractivity contribution >= 4 is 85.7 Å². The highest BCUT2D eigenvalue weighted by Gasteiger charge is 2.43. The maximum atomic E-state index is 2.58. The molecule has 0 amide bonds. The van der Waals surface area contributed by atoms with E-state index in [-0.39, 0.29) is 12.1 Å². The highest BCUT2D eigenvalue weighted by atomic mass is 28.3. The van der Waals surface area contributed by atoms with Gasteiger partial charge < -0.3 is 4.90 Å². The minimum atomic E-state index is -1.58. The van der Waals surface area contributed by atoms with Crippen molar-refractivity contribution in [3.05, 3.63) is 127 Å². The Labute approximate surface area is 273 Å². The van der Waals surface area contributed by atoms with Crippen molar-refractivity contribution in [2.45, 2.75) is 45.8 Å². The van der Waals surface area contributed by atoms with Gasteiger partial charge in [0, 0.05) is 17.1 Å². The zero-order chi connectivity index (χ0) is 31.5. The van der Waals surface area contributed by atoms with E-state index in [4.69, 9.17) is 0 Å². The first kappa shape index (κ1) is 27.7. The van der Waals surface area contributed by atoms with Crippen molar-refractivity contribution < 1.29 is 0 Å². The average molecular weight is 608 g/mol. The first-order chi connectivity index (χ1) is 22.1. The number of rotatable bonds is 2. The Hall–Kier alpha value is -4.60. The van der Waals surface area contributed by atoms with Crippen LogP contribution in [-0.2, 0) is 5.41 Å². The van der Waals surface area contributed by atoms with Gasteiger partial charge in [0.15, 0.2) is 0 Å². The molecule has 46 heavy (non-hydrogen) atoms. The summed E-state index contributed by atoms with van der Waals surface area (Å²) in [6, 6.07) is 46.6. The van der Waals surface area contributed by atoms with E-state index in [0.29, 0.717) is 0 Å². The summed E-state index contributed by atoms with van der Waals surface area (Å²) in [4.78, 5) is 2.58. The fraction of sp³-hybridized carbons (Fsp3) is 0.163. The number of anilines is 3. The van der Waals surface area contributed by atoms with Crippen LogP contribution in [0.15, 0.2) is 121 Å². The molecule has 0 bridgehead atoms. The lowest BCUT2D eigenvalue weighted by Gasteiger charge is -2.42. The smallest absolute Gasteiger partial charge is 0.249 e. The molecule has 0 aliphatic carbocycles. The third kappa shape index (κ3) is 3.94. The Bertz CT molecular complexity index is 2410. The molecule has 1 nitrogen and oxygen atoms in total. The van der Waals surface area contributed by atoms with Gasteiger partial charge in [-0.05, 0) is 89.6 Å². The van der Waals surface area contributed by atoms with Crippen molar-refractivity contribution in [1.29, 1.82) is 0 Å². The summed E-state index contributed by atoms with van der Waals surface area (Å²) in [7, 11) is -1.58. The largest absolute Gasteiger partial charge is 0.311 e. The van der Waals surface area contributed by atoms with E-state index in [1.54, 1.807) is 0 Å². The van der Waals surface area contributed by atoms with Crippen LogP contribution in [0.25, 0.3) is 43.4 Å². The van der Waals surface area contributed by atoms with Gasteiger partial charge in [-0.25, -0.2) is 0 Å². The summed E-state index contributed by atoms with van der Waals surface area (Å²) in [6.45, 7) is 14.6. The molecule has 7 aromatic carbocycles. The predicted octanol–water partition coefficient (Wildman–Crippen LogP) is 9.27. The van der Waals surface area contributed by atoms with E-state index in [9.17, 15) is 0 Å². The Morgan fingerprint density at radius 1 is 0.565 bits per heavy atom. The van der Waals surface area contributed by atoms with Crippen molar-refractivity contribution in [2.24, 2.45) is 0 Å². The number of benzene rings is 7. The molecule has 3 heteroatoms. The van der Waals surface area contributed by atoms with Gasteiger partial charge in [0.1, 0.15) is 0 Å². The lowest BCUT2D eigenvalue weighted by atomic mass is 9.31. The van der Waals surface area contributed by atoms with Crippen LogP contribution in [-0.4, -0.2) is 14.8 Å². The number of fused-ring (bicyclic) bond motifs is 7. The topological polar surface area (TPSA) is 3.24 Å². The van der Waals surface area contributed by atoms with Gasteiger partial charge >= 0.3 is 0 Å². The molecular formula is C43H38BNSi. The van der Waals surface area contributed by atoms with Gasteiger partial charge in [-0.1, -0.05) is 148 Å². The van der Waals surface area contributed by atoms with Crippen LogP contribution < -0.4 is 26.5 Å². The predicted molar refractivity (Wildman–Crippen MR) is 205 cm³/mol. The van der Waals surface area contributed by atoms with Gasteiger partial charge in [-0.15, -0.1) is 0 Å². The Kier molecular flexibility index (Phi) is 5.70.